The molecule has 0 aromatic heterocycles. The standard InChI is InChI=1S/C15H14FNO2/c1-17(2)11-8-6-10(7-9-11)12-4-3-5-13(16)14(12)15(18)19/h3-9H,1-2H3,(H,18,19). The van der Waals surface area contributed by atoms with E-state index in [1.54, 1.807) is 18.2 Å². The highest BCUT2D eigenvalue weighted by atomic mass is 19.1. The zero-order chi connectivity index (χ0) is 14.0. The predicted octanol–water partition coefficient (Wildman–Crippen LogP) is 3.26. The van der Waals surface area contributed by atoms with E-state index in [0.29, 0.717) is 11.1 Å². The highest BCUT2D eigenvalue weighted by Crippen LogP contribution is 2.27. The molecule has 0 saturated carbocycles. The van der Waals surface area contributed by atoms with Gasteiger partial charge in [-0.15, -0.1) is 0 Å². The van der Waals surface area contributed by atoms with E-state index in [9.17, 15) is 9.18 Å². The first-order valence-electron chi connectivity index (χ1n) is 5.80. The monoisotopic (exact) mass is 259 g/mol. The van der Waals surface area contributed by atoms with Gasteiger partial charge in [-0.1, -0.05) is 24.3 Å². The van der Waals surface area contributed by atoms with E-state index in [1.807, 2.05) is 31.1 Å². The molecule has 2 aromatic carbocycles. The zero-order valence-electron chi connectivity index (χ0n) is 10.7. The van der Waals surface area contributed by atoms with Crippen LogP contribution in [0.25, 0.3) is 11.1 Å². The van der Waals surface area contributed by atoms with Gasteiger partial charge in [0.2, 0.25) is 0 Å². The summed E-state index contributed by atoms with van der Waals surface area (Å²) in [5, 5.41) is 9.10. The minimum atomic E-state index is -1.26. The van der Waals surface area contributed by atoms with Gasteiger partial charge >= 0.3 is 5.97 Å². The molecule has 2 rings (SSSR count). The van der Waals surface area contributed by atoms with Crippen LogP contribution in [0.5, 0.6) is 0 Å². The minimum absolute atomic E-state index is 0.292. The molecule has 0 spiro atoms. The molecule has 0 fully saturated rings. The number of carboxylic acids is 1. The number of nitrogens with zero attached hydrogens (tertiary/aromatic N) is 1. The SMILES string of the molecule is CN(C)c1ccc(-c2cccc(F)c2C(=O)O)cc1. The highest BCUT2D eigenvalue weighted by Gasteiger charge is 2.16. The van der Waals surface area contributed by atoms with Gasteiger partial charge in [0.05, 0.1) is 0 Å². The predicted molar refractivity (Wildman–Crippen MR) is 73.1 cm³/mol. The molecule has 1 N–H and O–H groups in total. The summed E-state index contributed by atoms with van der Waals surface area (Å²) in [7, 11) is 3.83. The molecule has 0 aliphatic rings. The molecule has 0 atom stereocenters. The molecule has 0 saturated heterocycles. The zero-order valence-corrected chi connectivity index (χ0v) is 10.7. The Morgan fingerprint density at radius 3 is 2.26 bits per heavy atom. The fraction of sp³-hybridized carbons (Fsp3) is 0.133. The molecule has 0 unspecified atom stereocenters. The Kier molecular flexibility index (Phi) is 3.51. The summed E-state index contributed by atoms with van der Waals surface area (Å²) in [6.45, 7) is 0. The number of aromatic carboxylic acids is 1. The van der Waals surface area contributed by atoms with Crippen molar-refractivity contribution in [1.29, 1.82) is 0 Å². The van der Waals surface area contributed by atoms with Crippen LogP contribution in [0.2, 0.25) is 0 Å². The normalized spacial score (nSPS) is 10.3. The van der Waals surface area contributed by atoms with E-state index >= 15 is 0 Å². The Balaban J connectivity index is 2.53. The fourth-order valence-corrected chi connectivity index (χ4v) is 1.92. The van der Waals surface area contributed by atoms with Gasteiger partial charge in [0.1, 0.15) is 11.4 Å². The van der Waals surface area contributed by atoms with Gasteiger partial charge in [-0.3, -0.25) is 0 Å². The van der Waals surface area contributed by atoms with Gasteiger partial charge in [-0.25, -0.2) is 9.18 Å². The van der Waals surface area contributed by atoms with Gasteiger partial charge < -0.3 is 10.0 Å². The van der Waals surface area contributed by atoms with Crippen LogP contribution in [-0.4, -0.2) is 25.2 Å². The van der Waals surface area contributed by atoms with E-state index < -0.39 is 11.8 Å². The van der Waals surface area contributed by atoms with Crippen molar-refractivity contribution in [2.24, 2.45) is 0 Å². The van der Waals surface area contributed by atoms with Crippen LogP contribution in [0.15, 0.2) is 42.5 Å². The molecule has 19 heavy (non-hydrogen) atoms. The molecular weight excluding hydrogens is 245 g/mol. The number of carbonyl (C=O) groups is 1. The quantitative estimate of drug-likeness (QED) is 0.919. The van der Waals surface area contributed by atoms with Gasteiger partial charge in [-0.05, 0) is 29.3 Å². The van der Waals surface area contributed by atoms with Gasteiger partial charge in [0.15, 0.2) is 0 Å². The van der Waals surface area contributed by atoms with E-state index in [0.717, 1.165) is 11.8 Å². The lowest BCUT2D eigenvalue weighted by Gasteiger charge is -2.13. The Bertz CT molecular complexity index is 606. The Labute approximate surface area is 110 Å². The number of hydrogen-bond donors (Lipinski definition) is 1. The average molecular weight is 259 g/mol. The van der Waals surface area contributed by atoms with Crippen molar-refractivity contribution in [3.63, 3.8) is 0 Å². The molecule has 0 radical (unpaired) electrons. The van der Waals surface area contributed by atoms with Crippen LogP contribution in [0.3, 0.4) is 0 Å². The molecule has 0 heterocycles. The second-order valence-corrected chi connectivity index (χ2v) is 4.41. The summed E-state index contributed by atoms with van der Waals surface area (Å²) in [6.07, 6.45) is 0. The van der Waals surface area contributed by atoms with E-state index in [4.69, 9.17) is 5.11 Å². The first kappa shape index (κ1) is 13.1. The van der Waals surface area contributed by atoms with Crippen molar-refractivity contribution in [3.05, 3.63) is 53.8 Å². The summed E-state index contributed by atoms with van der Waals surface area (Å²) in [5.74, 6) is -1.98. The van der Waals surface area contributed by atoms with Crippen LogP contribution in [0, 0.1) is 5.82 Å². The fourth-order valence-electron chi connectivity index (χ4n) is 1.92. The number of rotatable bonds is 3. The van der Waals surface area contributed by atoms with Crippen LogP contribution in [0.4, 0.5) is 10.1 Å². The Hall–Kier alpha value is -2.36. The topological polar surface area (TPSA) is 40.5 Å². The summed E-state index contributed by atoms with van der Waals surface area (Å²) in [4.78, 5) is 13.1. The highest BCUT2D eigenvalue weighted by molar-refractivity contribution is 5.96. The molecule has 2 aromatic rings. The molecule has 0 aliphatic carbocycles. The lowest BCUT2D eigenvalue weighted by atomic mass is 9.99. The maximum absolute atomic E-state index is 13.6. The first-order chi connectivity index (χ1) is 9.00. The number of hydrogen-bond acceptors (Lipinski definition) is 2. The lowest BCUT2D eigenvalue weighted by molar-refractivity contribution is 0.0693. The third kappa shape index (κ3) is 2.57. The summed E-state index contributed by atoms with van der Waals surface area (Å²) in [6, 6.07) is 11.6. The third-order valence-electron chi connectivity index (χ3n) is 2.92. The van der Waals surface area contributed by atoms with Crippen LogP contribution in [0.1, 0.15) is 10.4 Å². The number of carboxylic acid groups (broad SMARTS) is 1. The van der Waals surface area contributed by atoms with E-state index in [-0.39, 0.29) is 5.56 Å². The van der Waals surface area contributed by atoms with Crippen molar-refractivity contribution in [2.45, 2.75) is 0 Å². The van der Waals surface area contributed by atoms with Crippen molar-refractivity contribution in [1.82, 2.24) is 0 Å². The maximum Gasteiger partial charge on any atom is 0.339 e. The first-order valence-corrected chi connectivity index (χ1v) is 5.80. The van der Waals surface area contributed by atoms with Crippen LogP contribution < -0.4 is 4.90 Å². The number of anilines is 1. The molecular formula is C15H14FNO2. The second-order valence-electron chi connectivity index (χ2n) is 4.41. The lowest BCUT2D eigenvalue weighted by Crippen LogP contribution is -2.08. The maximum atomic E-state index is 13.6. The molecule has 0 aliphatic heterocycles. The molecule has 0 amide bonds. The summed E-state index contributed by atoms with van der Waals surface area (Å²) in [5.41, 5.74) is 1.78. The van der Waals surface area contributed by atoms with Crippen molar-refractivity contribution < 1.29 is 14.3 Å². The van der Waals surface area contributed by atoms with Crippen LogP contribution >= 0.6 is 0 Å². The molecule has 0 bridgehead atoms. The number of halogens is 1. The largest absolute Gasteiger partial charge is 0.478 e. The minimum Gasteiger partial charge on any atom is -0.478 e. The summed E-state index contributed by atoms with van der Waals surface area (Å²) < 4.78 is 13.6. The number of benzene rings is 2. The Morgan fingerprint density at radius 2 is 1.74 bits per heavy atom. The van der Waals surface area contributed by atoms with Crippen molar-refractivity contribution in [3.8, 4) is 11.1 Å². The second kappa shape index (κ2) is 5.10. The third-order valence-corrected chi connectivity index (χ3v) is 2.92. The average Bonchev–Trinajstić information content (AvgIpc) is 2.38. The molecule has 4 heteroatoms. The van der Waals surface area contributed by atoms with Gasteiger partial charge in [0, 0.05) is 19.8 Å². The van der Waals surface area contributed by atoms with Crippen LogP contribution in [-0.2, 0) is 0 Å². The molecule has 3 nitrogen and oxygen atoms in total. The summed E-state index contributed by atoms with van der Waals surface area (Å²) >= 11 is 0. The Morgan fingerprint density at radius 1 is 1.11 bits per heavy atom. The van der Waals surface area contributed by atoms with Gasteiger partial charge in [-0.2, -0.15) is 0 Å². The van der Waals surface area contributed by atoms with Crippen molar-refractivity contribution >= 4 is 11.7 Å². The van der Waals surface area contributed by atoms with Crippen molar-refractivity contribution in [2.75, 3.05) is 19.0 Å². The smallest absolute Gasteiger partial charge is 0.339 e. The molecule has 98 valence electrons. The van der Waals surface area contributed by atoms with E-state index in [1.165, 1.54) is 6.07 Å². The van der Waals surface area contributed by atoms with E-state index in [2.05, 4.69) is 0 Å². The van der Waals surface area contributed by atoms with Gasteiger partial charge in [0.25, 0.3) is 0 Å².